The van der Waals surface area contributed by atoms with E-state index >= 15 is 0 Å². The van der Waals surface area contributed by atoms with Crippen LogP contribution in [0.4, 0.5) is 0 Å². The maximum atomic E-state index is 6.07. The van der Waals surface area contributed by atoms with Crippen LogP contribution in [-0.4, -0.2) is 12.2 Å². The minimum atomic E-state index is 0.334. The summed E-state index contributed by atoms with van der Waals surface area (Å²) < 4.78 is 6.07. The largest absolute Gasteiger partial charge is 0.370 e. The van der Waals surface area contributed by atoms with Gasteiger partial charge in [0.15, 0.2) is 0 Å². The fourth-order valence-corrected chi connectivity index (χ4v) is 2.24. The van der Waals surface area contributed by atoms with Gasteiger partial charge in [-0.2, -0.15) is 0 Å². The third-order valence-corrected chi connectivity index (χ3v) is 3.34. The number of hydrogen-bond donors (Lipinski definition) is 0. The first-order valence-corrected chi connectivity index (χ1v) is 6.75. The molecule has 0 radical (unpaired) electrons. The van der Waals surface area contributed by atoms with Gasteiger partial charge >= 0.3 is 0 Å². The van der Waals surface area contributed by atoms with Crippen molar-refractivity contribution in [2.75, 3.05) is 0 Å². The third-order valence-electron chi connectivity index (χ3n) is 3.34. The highest BCUT2D eigenvalue weighted by Crippen LogP contribution is 2.33. The molecule has 1 saturated heterocycles. The molecule has 1 fully saturated rings. The van der Waals surface area contributed by atoms with Crippen molar-refractivity contribution in [2.45, 2.75) is 78.4 Å². The molecule has 16 heavy (non-hydrogen) atoms. The van der Waals surface area contributed by atoms with Crippen LogP contribution < -0.4 is 0 Å². The molecule has 0 aromatic rings. The molecule has 0 aromatic carbocycles. The highest BCUT2D eigenvalue weighted by Gasteiger charge is 2.28. The van der Waals surface area contributed by atoms with Crippen LogP contribution in [0.5, 0.6) is 0 Å². The first kappa shape index (κ1) is 13.8. The third kappa shape index (κ3) is 4.69. The summed E-state index contributed by atoms with van der Waals surface area (Å²) in [7, 11) is 0. The van der Waals surface area contributed by atoms with Gasteiger partial charge in [0.25, 0.3) is 0 Å². The lowest BCUT2D eigenvalue weighted by Gasteiger charge is -2.21. The van der Waals surface area contributed by atoms with Crippen LogP contribution >= 0.6 is 0 Å². The van der Waals surface area contributed by atoms with E-state index in [1.807, 2.05) is 0 Å². The van der Waals surface area contributed by atoms with Gasteiger partial charge in [-0.05, 0) is 36.7 Å². The molecule has 2 atom stereocenters. The number of hydrogen-bond acceptors (Lipinski definition) is 1. The highest BCUT2D eigenvalue weighted by atomic mass is 16.5. The van der Waals surface area contributed by atoms with E-state index in [2.05, 4.69) is 34.3 Å². The topological polar surface area (TPSA) is 9.23 Å². The molecular formula is C15H28O. The van der Waals surface area contributed by atoms with Crippen LogP contribution in [0.15, 0.2) is 12.2 Å². The lowest BCUT2D eigenvalue weighted by atomic mass is 9.88. The van der Waals surface area contributed by atoms with E-state index in [9.17, 15) is 0 Å². The van der Waals surface area contributed by atoms with Crippen LogP contribution in [0.2, 0.25) is 0 Å². The van der Waals surface area contributed by atoms with Crippen molar-refractivity contribution in [2.24, 2.45) is 5.41 Å². The van der Waals surface area contributed by atoms with Crippen LogP contribution in [-0.2, 0) is 4.74 Å². The van der Waals surface area contributed by atoms with E-state index in [0.717, 1.165) is 12.8 Å². The maximum absolute atomic E-state index is 6.07. The van der Waals surface area contributed by atoms with Gasteiger partial charge in [-0.25, -0.2) is 0 Å². The van der Waals surface area contributed by atoms with Crippen LogP contribution in [0.25, 0.3) is 0 Å². The first-order chi connectivity index (χ1) is 7.42. The fourth-order valence-electron chi connectivity index (χ4n) is 2.24. The van der Waals surface area contributed by atoms with E-state index in [0.29, 0.717) is 17.6 Å². The molecule has 1 heteroatoms. The number of unbranched alkanes of at least 4 members (excludes halogenated alkanes) is 1. The maximum Gasteiger partial charge on any atom is 0.0787 e. The molecule has 1 rings (SSSR count). The van der Waals surface area contributed by atoms with E-state index in [1.165, 1.54) is 31.3 Å². The van der Waals surface area contributed by atoms with Gasteiger partial charge in [0, 0.05) is 0 Å². The minimum Gasteiger partial charge on any atom is -0.370 e. The first-order valence-electron chi connectivity index (χ1n) is 6.75. The average molecular weight is 224 g/mol. The van der Waals surface area contributed by atoms with Gasteiger partial charge in [-0.1, -0.05) is 47.1 Å². The van der Waals surface area contributed by atoms with Gasteiger partial charge in [0.2, 0.25) is 0 Å². The summed E-state index contributed by atoms with van der Waals surface area (Å²) in [5.41, 5.74) is 1.73. The monoisotopic (exact) mass is 224 g/mol. The molecule has 94 valence electrons. The van der Waals surface area contributed by atoms with Gasteiger partial charge in [0.1, 0.15) is 0 Å². The second-order valence-electron chi connectivity index (χ2n) is 6.35. The zero-order valence-electron chi connectivity index (χ0n) is 11.5. The average Bonchev–Trinajstić information content (AvgIpc) is 2.52. The summed E-state index contributed by atoms with van der Waals surface area (Å²) in [5.74, 6) is 0. The van der Waals surface area contributed by atoms with Gasteiger partial charge in [-0.3, -0.25) is 0 Å². The summed E-state index contributed by atoms with van der Waals surface area (Å²) in [5, 5.41) is 0. The minimum absolute atomic E-state index is 0.334. The SMILES string of the molecule is C=C1C[C@H](CCCC)O[C@H]1CCC(C)(C)C. The molecule has 1 nitrogen and oxygen atoms in total. The number of rotatable bonds is 5. The summed E-state index contributed by atoms with van der Waals surface area (Å²) in [6, 6.07) is 0. The molecule has 0 bridgehead atoms. The zero-order valence-corrected chi connectivity index (χ0v) is 11.5. The number of ether oxygens (including phenoxy) is 1. The summed E-state index contributed by atoms with van der Waals surface area (Å²) >= 11 is 0. The molecule has 0 N–H and O–H groups in total. The normalized spacial score (nSPS) is 26.4. The van der Waals surface area contributed by atoms with Crippen molar-refractivity contribution in [3.05, 3.63) is 12.2 Å². The molecule has 0 amide bonds. The molecule has 0 aliphatic carbocycles. The Bertz CT molecular complexity index is 224. The lowest BCUT2D eigenvalue weighted by molar-refractivity contribution is 0.0366. The molecule has 0 saturated carbocycles. The van der Waals surface area contributed by atoms with Crippen LogP contribution in [0.1, 0.15) is 66.2 Å². The molecule has 1 aliphatic heterocycles. The van der Waals surface area contributed by atoms with Crippen molar-refractivity contribution in [1.29, 1.82) is 0 Å². The Morgan fingerprint density at radius 3 is 2.56 bits per heavy atom. The van der Waals surface area contributed by atoms with E-state index in [4.69, 9.17) is 4.74 Å². The Labute approximate surface area is 101 Å². The van der Waals surface area contributed by atoms with E-state index in [-0.39, 0.29) is 0 Å². The Morgan fingerprint density at radius 2 is 2.00 bits per heavy atom. The molecular weight excluding hydrogens is 196 g/mol. The fraction of sp³-hybridized carbons (Fsp3) is 0.867. The second kappa shape index (κ2) is 5.86. The zero-order chi connectivity index (χ0) is 12.2. The van der Waals surface area contributed by atoms with Crippen molar-refractivity contribution in [3.8, 4) is 0 Å². The Kier molecular flexibility index (Phi) is 5.04. The van der Waals surface area contributed by atoms with Gasteiger partial charge in [0.05, 0.1) is 12.2 Å². The predicted molar refractivity (Wildman–Crippen MR) is 70.6 cm³/mol. The van der Waals surface area contributed by atoms with Crippen LogP contribution in [0, 0.1) is 5.41 Å². The standard InChI is InChI=1S/C15H28O/c1-6-7-8-13-11-12(2)14(16-13)9-10-15(3,4)5/h13-14H,2,6-11H2,1,3-5H3/t13-,14-/m0/s1. The predicted octanol–water partition coefficient (Wildman–Crippen LogP) is 4.72. The smallest absolute Gasteiger partial charge is 0.0787 e. The molecule has 1 aliphatic rings. The highest BCUT2D eigenvalue weighted by molar-refractivity contribution is 5.09. The quantitative estimate of drug-likeness (QED) is 0.614. The van der Waals surface area contributed by atoms with Crippen LogP contribution in [0.3, 0.4) is 0 Å². The summed E-state index contributed by atoms with van der Waals surface area (Å²) in [4.78, 5) is 0. The van der Waals surface area contributed by atoms with Gasteiger partial charge < -0.3 is 4.74 Å². The van der Waals surface area contributed by atoms with Crippen molar-refractivity contribution in [1.82, 2.24) is 0 Å². The lowest BCUT2D eigenvalue weighted by Crippen LogP contribution is -2.15. The second-order valence-corrected chi connectivity index (χ2v) is 6.35. The Hall–Kier alpha value is -0.300. The van der Waals surface area contributed by atoms with Crippen molar-refractivity contribution in [3.63, 3.8) is 0 Å². The van der Waals surface area contributed by atoms with E-state index < -0.39 is 0 Å². The Balaban J connectivity index is 2.31. The van der Waals surface area contributed by atoms with Crippen molar-refractivity contribution < 1.29 is 4.74 Å². The molecule has 0 aromatic heterocycles. The van der Waals surface area contributed by atoms with Gasteiger partial charge in [-0.15, -0.1) is 0 Å². The van der Waals surface area contributed by atoms with Crippen molar-refractivity contribution >= 4 is 0 Å². The summed E-state index contributed by atoms with van der Waals surface area (Å²) in [6.45, 7) is 13.3. The summed E-state index contributed by atoms with van der Waals surface area (Å²) in [6.07, 6.45) is 8.00. The van der Waals surface area contributed by atoms with E-state index in [1.54, 1.807) is 0 Å². The molecule has 1 heterocycles. The molecule has 0 spiro atoms. The molecule has 0 unspecified atom stereocenters. The Morgan fingerprint density at radius 1 is 1.31 bits per heavy atom.